The molecular formula is C14H32O5S. The Labute approximate surface area is 124 Å². The Morgan fingerprint density at radius 3 is 1.40 bits per heavy atom. The van der Waals surface area contributed by atoms with Crippen molar-refractivity contribution in [3.8, 4) is 0 Å². The van der Waals surface area contributed by atoms with Gasteiger partial charge in [-0.25, -0.2) is 0 Å². The minimum Gasteiger partial charge on any atom is -0.393 e. The first kappa shape index (κ1) is 22.1. The van der Waals surface area contributed by atoms with Gasteiger partial charge in [-0.15, -0.1) is 0 Å². The van der Waals surface area contributed by atoms with Gasteiger partial charge in [0.15, 0.2) is 0 Å². The molecule has 20 heavy (non-hydrogen) atoms. The van der Waals surface area contributed by atoms with E-state index in [9.17, 15) is 0 Å². The molecule has 0 amide bonds. The zero-order chi connectivity index (χ0) is 15.9. The number of rotatable bonds is 11. The van der Waals surface area contributed by atoms with Gasteiger partial charge in [0.2, 0.25) is 0 Å². The van der Waals surface area contributed by atoms with Gasteiger partial charge in [-0.2, -0.15) is 8.42 Å². The first-order valence-corrected chi connectivity index (χ1v) is 9.05. The number of hydrogen-bond acceptors (Lipinski definition) is 3. The number of aliphatic hydroxyl groups excluding tert-OH is 1. The average Bonchev–Trinajstić information content (AvgIpc) is 2.29. The molecular weight excluding hydrogens is 280 g/mol. The summed E-state index contributed by atoms with van der Waals surface area (Å²) in [5.74, 6) is 0. The second kappa shape index (κ2) is 15.2. The Hall–Kier alpha value is -0.170. The monoisotopic (exact) mass is 312 g/mol. The number of unbranched alkanes of at least 4 members (excludes halogenated alkanes) is 9. The molecule has 0 aromatic carbocycles. The summed E-state index contributed by atoms with van der Waals surface area (Å²) in [4.78, 5) is 0. The van der Waals surface area contributed by atoms with Crippen LogP contribution in [0.5, 0.6) is 0 Å². The van der Waals surface area contributed by atoms with Gasteiger partial charge < -0.3 is 5.11 Å². The van der Waals surface area contributed by atoms with Gasteiger partial charge in [0.05, 0.1) is 6.10 Å². The summed E-state index contributed by atoms with van der Waals surface area (Å²) in [5, 5.41) is 9.08. The van der Waals surface area contributed by atoms with Crippen LogP contribution in [-0.4, -0.2) is 28.7 Å². The van der Waals surface area contributed by atoms with Crippen LogP contribution in [0.4, 0.5) is 0 Å². The predicted octanol–water partition coefficient (Wildman–Crippen LogP) is 4.03. The molecule has 0 aliphatic heterocycles. The Balaban J connectivity index is 0. The van der Waals surface area contributed by atoms with Gasteiger partial charge in [0.1, 0.15) is 0 Å². The van der Waals surface area contributed by atoms with E-state index in [4.69, 9.17) is 22.6 Å². The standard InChI is InChI=1S/C14H30O.H2O4S/c1-3-4-5-6-7-8-9-10-11-12-13-14(2)15;1-5(2,3)4/h14-15H,3-13H2,1-2H3;(H2,1,2,3,4). The first-order chi connectivity index (χ1) is 9.27. The summed E-state index contributed by atoms with van der Waals surface area (Å²) in [5.41, 5.74) is 0. The highest BCUT2D eigenvalue weighted by atomic mass is 32.3. The highest BCUT2D eigenvalue weighted by Crippen LogP contribution is 2.11. The minimum atomic E-state index is -4.67. The summed E-state index contributed by atoms with van der Waals surface area (Å²) in [6.45, 7) is 4.15. The third kappa shape index (κ3) is 36.1. The van der Waals surface area contributed by atoms with Crippen molar-refractivity contribution in [3.05, 3.63) is 0 Å². The Morgan fingerprint density at radius 2 is 1.10 bits per heavy atom. The molecule has 0 aromatic rings. The third-order valence-corrected chi connectivity index (χ3v) is 2.98. The molecule has 0 fully saturated rings. The fourth-order valence-electron chi connectivity index (χ4n) is 1.93. The lowest BCUT2D eigenvalue weighted by atomic mass is 10.1. The molecule has 0 saturated carbocycles. The van der Waals surface area contributed by atoms with E-state index in [0.717, 1.165) is 6.42 Å². The van der Waals surface area contributed by atoms with Gasteiger partial charge in [0.25, 0.3) is 0 Å². The fourth-order valence-corrected chi connectivity index (χ4v) is 1.93. The van der Waals surface area contributed by atoms with Crippen LogP contribution in [0.3, 0.4) is 0 Å². The molecule has 0 heterocycles. The molecule has 0 saturated heterocycles. The highest BCUT2D eigenvalue weighted by Gasteiger charge is 1.95. The maximum absolute atomic E-state index is 9.08. The second-order valence-electron chi connectivity index (χ2n) is 5.27. The molecule has 0 aliphatic carbocycles. The van der Waals surface area contributed by atoms with Crippen LogP contribution in [0.15, 0.2) is 0 Å². The molecule has 3 N–H and O–H groups in total. The lowest BCUT2D eigenvalue weighted by Gasteiger charge is -2.04. The van der Waals surface area contributed by atoms with E-state index >= 15 is 0 Å². The highest BCUT2D eigenvalue weighted by molar-refractivity contribution is 7.79. The quantitative estimate of drug-likeness (QED) is 0.395. The van der Waals surface area contributed by atoms with Gasteiger partial charge in [-0.1, -0.05) is 71.1 Å². The molecule has 0 rings (SSSR count). The fraction of sp³-hybridized carbons (Fsp3) is 1.00. The molecule has 0 aliphatic rings. The van der Waals surface area contributed by atoms with Gasteiger partial charge in [-0.05, 0) is 13.3 Å². The second-order valence-corrected chi connectivity index (χ2v) is 6.16. The third-order valence-electron chi connectivity index (χ3n) is 2.98. The summed E-state index contributed by atoms with van der Waals surface area (Å²) in [7, 11) is -4.67. The number of hydrogen-bond donors (Lipinski definition) is 3. The normalized spacial score (nSPS) is 12.7. The molecule has 0 bridgehead atoms. The lowest BCUT2D eigenvalue weighted by Crippen LogP contribution is -1.98. The van der Waals surface area contributed by atoms with Crippen molar-refractivity contribution in [2.24, 2.45) is 0 Å². The Morgan fingerprint density at radius 1 is 0.800 bits per heavy atom. The lowest BCUT2D eigenvalue weighted by molar-refractivity contribution is 0.180. The predicted molar refractivity (Wildman–Crippen MR) is 82.3 cm³/mol. The van der Waals surface area contributed by atoms with Crippen LogP contribution >= 0.6 is 0 Å². The maximum atomic E-state index is 9.08. The van der Waals surface area contributed by atoms with Crippen molar-refractivity contribution >= 4 is 10.4 Å². The smallest absolute Gasteiger partial charge is 0.393 e. The molecule has 0 radical (unpaired) electrons. The molecule has 124 valence electrons. The summed E-state index contributed by atoms with van der Waals surface area (Å²) >= 11 is 0. The van der Waals surface area contributed by atoms with Crippen LogP contribution in [0.25, 0.3) is 0 Å². The molecule has 0 aromatic heterocycles. The minimum absolute atomic E-state index is 0.0981. The Kier molecular flexibility index (Phi) is 16.8. The zero-order valence-corrected chi connectivity index (χ0v) is 13.7. The Bertz CT molecular complexity index is 267. The first-order valence-electron chi connectivity index (χ1n) is 7.65. The van der Waals surface area contributed by atoms with Crippen molar-refractivity contribution < 1.29 is 22.6 Å². The van der Waals surface area contributed by atoms with Crippen LogP contribution in [0.1, 0.15) is 84.5 Å². The van der Waals surface area contributed by atoms with Gasteiger partial charge in [-0.3, -0.25) is 9.11 Å². The van der Waals surface area contributed by atoms with E-state index in [1.807, 2.05) is 6.92 Å². The zero-order valence-electron chi connectivity index (χ0n) is 12.9. The van der Waals surface area contributed by atoms with Crippen LogP contribution in [-0.2, 0) is 10.4 Å². The van der Waals surface area contributed by atoms with E-state index < -0.39 is 10.4 Å². The molecule has 1 atom stereocenters. The van der Waals surface area contributed by atoms with Crippen LogP contribution < -0.4 is 0 Å². The molecule has 6 heteroatoms. The van der Waals surface area contributed by atoms with Gasteiger partial charge in [0, 0.05) is 0 Å². The van der Waals surface area contributed by atoms with Crippen LogP contribution in [0.2, 0.25) is 0 Å². The van der Waals surface area contributed by atoms with Crippen molar-refractivity contribution in [2.45, 2.75) is 90.6 Å². The van der Waals surface area contributed by atoms with Crippen molar-refractivity contribution in [3.63, 3.8) is 0 Å². The average molecular weight is 312 g/mol. The summed E-state index contributed by atoms with van der Waals surface area (Å²) in [6, 6.07) is 0. The van der Waals surface area contributed by atoms with E-state index in [1.54, 1.807) is 0 Å². The topological polar surface area (TPSA) is 94.8 Å². The van der Waals surface area contributed by atoms with Crippen molar-refractivity contribution in [2.75, 3.05) is 0 Å². The van der Waals surface area contributed by atoms with E-state index in [2.05, 4.69) is 6.92 Å². The van der Waals surface area contributed by atoms with Gasteiger partial charge >= 0.3 is 10.4 Å². The molecule has 0 spiro atoms. The SMILES string of the molecule is CCCCCCCCCCCCC(C)O.O=S(=O)(O)O. The number of aliphatic hydroxyl groups is 1. The largest absolute Gasteiger partial charge is 0.394 e. The van der Waals surface area contributed by atoms with E-state index in [0.29, 0.717) is 0 Å². The maximum Gasteiger partial charge on any atom is 0.394 e. The van der Waals surface area contributed by atoms with Crippen molar-refractivity contribution in [1.29, 1.82) is 0 Å². The van der Waals surface area contributed by atoms with E-state index in [1.165, 1.54) is 64.2 Å². The summed E-state index contributed by atoms with van der Waals surface area (Å²) in [6.07, 6.45) is 14.6. The summed E-state index contributed by atoms with van der Waals surface area (Å²) < 4.78 is 31.6. The molecule has 1 unspecified atom stereocenters. The van der Waals surface area contributed by atoms with Crippen molar-refractivity contribution in [1.82, 2.24) is 0 Å². The van der Waals surface area contributed by atoms with Crippen LogP contribution in [0, 0.1) is 0 Å². The molecule has 5 nitrogen and oxygen atoms in total. The van der Waals surface area contributed by atoms with E-state index in [-0.39, 0.29) is 6.10 Å².